The van der Waals surface area contributed by atoms with Crippen molar-refractivity contribution in [3.05, 3.63) is 102 Å². The molecule has 6 rings (SSSR count). The lowest BCUT2D eigenvalue weighted by Crippen LogP contribution is -2.29. The Hall–Kier alpha value is -3.84. The summed E-state index contributed by atoms with van der Waals surface area (Å²) < 4.78 is 13.9. The fourth-order valence-corrected chi connectivity index (χ4v) is 6.75. The third kappa shape index (κ3) is 5.06. The van der Waals surface area contributed by atoms with Gasteiger partial charge >= 0.3 is 0 Å². The van der Waals surface area contributed by atoms with Crippen molar-refractivity contribution in [3.63, 3.8) is 0 Å². The molecule has 1 aliphatic heterocycles. The number of anilines is 1. The number of aromatic nitrogens is 2. The monoisotopic (exact) mass is 552 g/mol. The molecule has 40 heavy (non-hydrogen) atoms. The lowest BCUT2D eigenvalue weighted by atomic mass is 9.94. The smallest absolute Gasteiger partial charge is 0.174 e. The van der Waals surface area contributed by atoms with Gasteiger partial charge in [-0.05, 0) is 111 Å². The van der Waals surface area contributed by atoms with Crippen LogP contribution in [-0.2, 0) is 0 Å². The van der Waals surface area contributed by atoms with Crippen LogP contribution in [0.5, 0.6) is 17.2 Å². The number of nitrogens with one attached hydrogen (secondary N) is 1. The Morgan fingerprint density at radius 2 is 1.55 bits per heavy atom. The Kier molecular flexibility index (Phi) is 7.48. The molecule has 7 heteroatoms. The van der Waals surface area contributed by atoms with E-state index in [-0.39, 0.29) is 12.1 Å². The van der Waals surface area contributed by atoms with E-state index >= 15 is 0 Å². The highest BCUT2D eigenvalue weighted by Gasteiger charge is 2.42. The predicted octanol–water partition coefficient (Wildman–Crippen LogP) is 7.98. The molecule has 6 nitrogen and oxygen atoms in total. The number of hydrogen-bond acceptors (Lipinski definition) is 4. The molecule has 4 aromatic rings. The molecular weight excluding hydrogens is 516 g/mol. The van der Waals surface area contributed by atoms with E-state index in [9.17, 15) is 0 Å². The SMILES string of the molecule is COc1ccc(Oc2ccc(N3C(=S)N[C@@H](c4ccccn4)[C@@H]3c3cc(C)n(C4CCCCC4)c3C)cc2)cc1. The second-order valence-corrected chi connectivity index (χ2v) is 11.1. The van der Waals surface area contributed by atoms with Crippen molar-refractivity contribution in [2.75, 3.05) is 12.0 Å². The average Bonchev–Trinajstić information content (AvgIpc) is 3.49. The zero-order chi connectivity index (χ0) is 27.6. The molecule has 2 aliphatic rings. The summed E-state index contributed by atoms with van der Waals surface area (Å²) in [5.74, 6) is 2.32. The average molecular weight is 553 g/mol. The van der Waals surface area contributed by atoms with Crippen molar-refractivity contribution in [2.45, 2.75) is 64.1 Å². The van der Waals surface area contributed by atoms with Gasteiger partial charge in [0.2, 0.25) is 0 Å². The predicted molar refractivity (Wildman–Crippen MR) is 163 cm³/mol. The molecule has 1 aliphatic carbocycles. The number of rotatable bonds is 7. The quantitative estimate of drug-likeness (QED) is 0.235. The second kappa shape index (κ2) is 11.3. The Balaban J connectivity index is 1.35. The molecule has 3 heterocycles. The molecule has 0 amide bonds. The summed E-state index contributed by atoms with van der Waals surface area (Å²) in [6.45, 7) is 4.52. The number of thiocarbonyl (C=S) groups is 1. The van der Waals surface area contributed by atoms with Gasteiger partial charge in [-0.3, -0.25) is 4.98 Å². The van der Waals surface area contributed by atoms with Crippen LogP contribution >= 0.6 is 12.2 Å². The first kappa shape index (κ1) is 26.4. The normalized spacial score (nSPS) is 19.5. The van der Waals surface area contributed by atoms with Gasteiger partial charge < -0.3 is 24.3 Å². The molecule has 0 unspecified atom stereocenters. The zero-order valence-electron chi connectivity index (χ0n) is 23.3. The van der Waals surface area contributed by atoms with Crippen molar-refractivity contribution in [1.29, 1.82) is 0 Å². The number of nitrogens with zero attached hydrogens (tertiary/aromatic N) is 3. The van der Waals surface area contributed by atoms with E-state index in [1.807, 2.05) is 54.7 Å². The summed E-state index contributed by atoms with van der Waals surface area (Å²) in [6.07, 6.45) is 8.31. The fourth-order valence-electron chi connectivity index (χ4n) is 6.41. The van der Waals surface area contributed by atoms with Crippen LogP contribution < -0.4 is 19.7 Å². The van der Waals surface area contributed by atoms with Crippen LogP contribution in [0.1, 0.15) is 72.9 Å². The third-order valence-corrected chi connectivity index (χ3v) is 8.60. The number of methoxy groups -OCH3 is 1. The molecule has 2 atom stereocenters. The van der Waals surface area contributed by atoms with Gasteiger partial charge in [-0.15, -0.1) is 0 Å². The van der Waals surface area contributed by atoms with Gasteiger partial charge in [0.25, 0.3) is 0 Å². The van der Waals surface area contributed by atoms with E-state index in [1.165, 1.54) is 49.1 Å². The maximum atomic E-state index is 6.09. The first-order valence-corrected chi connectivity index (χ1v) is 14.6. The van der Waals surface area contributed by atoms with Gasteiger partial charge in [-0.1, -0.05) is 25.3 Å². The highest BCUT2D eigenvalue weighted by Crippen LogP contribution is 2.45. The van der Waals surface area contributed by atoms with Crippen molar-refractivity contribution in [3.8, 4) is 17.2 Å². The maximum absolute atomic E-state index is 6.09. The van der Waals surface area contributed by atoms with E-state index in [0.29, 0.717) is 11.2 Å². The minimum Gasteiger partial charge on any atom is -0.497 e. The number of ether oxygens (including phenoxy) is 2. The summed E-state index contributed by atoms with van der Waals surface area (Å²) in [5, 5.41) is 4.31. The molecule has 206 valence electrons. The highest BCUT2D eigenvalue weighted by molar-refractivity contribution is 7.80. The van der Waals surface area contributed by atoms with E-state index < -0.39 is 0 Å². The van der Waals surface area contributed by atoms with Gasteiger partial charge in [0.05, 0.1) is 24.9 Å². The Morgan fingerprint density at radius 3 is 2.20 bits per heavy atom. The lowest BCUT2D eigenvalue weighted by Gasteiger charge is -2.30. The van der Waals surface area contributed by atoms with Gasteiger partial charge in [0, 0.05) is 29.3 Å². The van der Waals surface area contributed by atoms with Gasteiger partial charge in [0.15, 0.2) is 5.11 Å². The third-order valence-electron chi connectivity index (χ3n) is 8.29. The molecule has 2 aromatic carbocycles. The molecular formula is C33H36N4O2S. The van der Waals surface area contributed by atoms with Crippen LogP contribution in [0.4, 0.5) is 5.69 Å². The van der Waals surface area contributed by atoms with E-state index in [0.717, 1.165) is 28.6 Å². The van der Waals surface area contributed by atoms with Crippen LogP contribution in [0.25, 0.3) is 0 Å². The minimum absolute atomic E-state index is 0.0284. The first-order chi connectivity index (χ1) is 19.5. The Morgan fingerprint density at radius 1 is 0.875 bits per heavy atom. The molecule has 2 fully saturated rings. The van der Waals surface area contributed by atoms with E-state index in [1.54, 1.807) is 7.11 Å². The van der Waals surface area contributed by atoms with Gasteiger partial charge in [-0.25, -0.2) is 0 Å². The van der Waals surface area contributed by atoms with E-state index in [2.05, 4.69) is 52.9 Å². The second-order valence-electron chi connectivity index (χ2n) is 10.8. The van der Waals surface area contributed by atoms with Crippen LogP contribution in [0.3, 0.4) is 0 Å². The largest absolute Gasteiger partial charge is 0.497 e. The molecule has 0 bridgehead atoms. The Labute approximate surface area is 242 Å². The first-order valence-electron chi connectivity index (χ1n) is 14.1. The molecule has 1 saturated carbocycles. The molecule has 0 radical (unpaired) electrons. The fraction of sp³-hybridized carbons (Fsp3) is 0.333. The van der Waals surface area contributed by atoms with Crippen molar-refractivity contribution in [2.24, 2.45) is 0 Å². The summed E-state index contributed by atoms with van der Waals surface area (Å²) in [4.78, 5) is 6.99. The van der Waals surface area contributed by atoms with Crippen LogP contribution in [-0.4, -0.2) is 21.8 Å². The highest BCUT2D eigenvalue weighted by atomic mass is 32.1. The summed E-state index contributed by atoms with van der Waals surface area (Å²) in [5.41, 5.74) is 5.95. The Bertz CT molecular complexity index is 1460. The minimum atomic E-state index is -0.0655. The summed E-state index contributed by atoms with van der Waals surface area (Å²) in [6, 6.07) is 24.7. The zero-order valence-corrected chi connectivity index (χ0v) is 24.2. The number of aryl methyl sites for hydroxylation is 1. The standard InChI is InChI=1S/C33H36N4O2S/c1-22-21-29(23(2)36(22)24-9-5-4-6-10-24)32-31(30-11-7-8-20-34-30)35-33(40)37(32)25-12-14-27(15-13-25)39-28-18-16-26(38-3)17-19-28/h7-8,11-21,24,31-32H,4-6,9-10H2,1-3H3,(H,35,40)/t31-,32-/m0/s1. The van der Waals surface area contributed by atoms with Gasteiger partial charge in [0.1, 0.15) is 17.2 Å². The van der Waals surface area contributed by atoms with Crippen molar-refractivity contribution >= 4 is 23.0 Å². The van der Waals surface area contributed by atoms with Crippen LogP contribution in [0, 0.1) is 13.8 Å². The number of pyridine rings is 1. The van der Waals surface area contributed by atoms with E-state index in [4.69, 9.17) is 26.7 Å². The molecule has 1 saturated heterocycles. The molecule has 0 spiro atoms. The summed E-state index contributed by atoms with van der Waals surface area (Å²) >= 11 is 5.98. The number of hydrogen-bond donors (Lipinski definition) is 1. The topological polar surface area (TPSA) is 51.6 Å². The van der Waals surface area contributed by atoms with Gasteiger partial charge in [-0.2, -0.15) is 0 Å². The van der Waals surface area contributed by atoms with Crippen molar-refractivity contribution < 1.29 is 9.47 Å². The van der Waals surface area contributed by atoms with Crippen LogP contribution in [0.2, 0.25) is 0 Å². The maximum Gasteiger partial charge on any atom is 0.174 e. The van der Waals surface area contributed by atoms with Crippen LogP contribution in [0.15, 0.2) is 79.0 Å². The molecule has 2 aromatic heterocycles. The lowest BCUT2D eigenvalue weighted by molar-refractivity contribution is 0.345. The van der Waals surface area contributed by atoms with Crippen molar-refractivity contribution in [1.82, 2.24) is 14.9 Å². The molecule has 1 N–H and O–H groups in total. The summed E-state index contributed by atoms with van der Waals surface area (Å²) in [7, 11) is 1.66. The number of benzene rings is 2.